The molecule has 1 aromatic carbocycles. The van der Waals surface area contributed by atoms with E-state index in [4.69, 9.17) is 9.84 Å². The normalized spacial score (nSPS) is 17.5. The zero-order valence-corrected chi connectivity index (χ0v) is 11.4. The Morgan fingerprint density at radius 2 is 2.24 bits per heavy atom. The van der Waals surface area contributed by atoms with Crippen molar-refractivity contribution in [1.82, 2.24) is 5.32 Å². The predicted molar refractivity (Wildman–Crippen MR) is 73.9 cm³/mol. The van der Waals surface area contributed by atoms with E-state index in [0.717, 1.165) is 25.5 Å². The van der Waals surface area contributed by atoms with Gasteiger partial charge in [-0.25, -0.2) is 14.0 Å². The Bertz CT molecular complexity index is 530. The lowest BCUT2D eigenvalue weighted by Crippen LogP contribution is -2.31. The smallest absolute Gasteiger partial charge is 0.335 e. The van der Waals surface area contributed by atoms with Crippen LogP contribution in [0.2, 0.25) is 0 Å². The molecule has 7 heteroatoms. The van der Waals surface area contributed by atoms with Gasteiger partial charge in [-0.2, -0.15) is 0 Å². The lowest BCUT2D eigenvalue weighted by molar-refractivity contribution is 0.0696. The van der Waals surface area contributed by atoms with Gasteiger partial charge in [0, 0.05) is 19.8 Å². The molecule has 1 aliphatic rings. The number of carboxylic acids is 1. The maximum atomic E-state index is 13.6. The molecule has 1 heterocycles. The van der Waals surface area contributed by atoms with Crippen molar-refractivity contribution in [2.24, 2.45) is 5.92 Å². The topological polar surface area (TPSA) is 87.7 Å². The van der Waals surface area contributed by atoms with E-state index in [0.29, 0.717) is 19.1 Å². The van der Waals surface area contributed by atoms with Crippen LogP contribution in [0.5, 0.6) is 0 Å². The quantitative estimate of drug-likeness (QED) is 0.776. The van der Waals surface area contributed by atoms with Gasteiger partial charge in [0.05, 0.1) is 11.3 Å². The fourth-order valence-corrected chi connectivity index (χ4v) is 2.12. The van der Waals surface area contributed by atoms with E-state index >= 15 is 0 Å². The Morgan fingerprint density at radius 3 is 2.86 bits per heavy atom. The monoisotopic (exact) mass is 296 g/mol. The second-order valence-electron chi connectivity index (χ2n) is 4.90. The van der Waals surface area contributed by atoms with E-state index in [2.05, 4.69) is 10.6 Å². The third kappa shape index (κ3) is 4.42. The third-order valence-corrected chi connectivity index (χ3v) is 3.33. The number of hydrogen-bond acceptors (Lipinski definition) is 3. The lowest BCUT2D eigenvalue weighted by Gasteiger charge is -2.10. The van der Waals surface area contributed by atoms with Crippen LogP contribution in [-0.4, -0.2) is 36.9 Å². The highest BCUT2D eigenvalue weighted by Gasteiger charge is 2.15. The van der Waals surface area contributed by atoms with Crippen molar-refractivity contribution in [3.05, 3.63) is 29.6 Å². The molecule has 6 nitrogen and oxygen atoms in total. The molecule has 0 bridgehead atoms. The summed E-state index contributed by atoms with van der Waals surface area (Å²) in [5.74, 6) is -1.55. The highest BCUT2D eigenvalue weighted by molar-refractivity contribution is 5.91. The van der Waals surface area contributed by atoms with Crippen LogP contribution in [0.3, 0.4) is 0 Å². The molecule has 3 N–H and O–H groups in total. The van der Waals surface area contributed by atoms with E-state index in [1.54, 1.807) is 0 Å². The van der Waals surface area contributed by atoms with Gasteiger partial charge < -0.3 is 20.5 Å². The third-order valence-electron chi connectivity index (χ3n) is 3.33. The summed E-state index contributed by atoms with van der Waals surface area (Å²) >= 11 is 0. The molecule has 0 radical (unpaired) electrons. The van der Waals surface area contributed by atoms with E-state index in [9.17, 15) is 14.0 Å². The van der Waals surface area contributed by atoms with Crippen LogP contribution in [0, 0.1) is 11.7 Å². The van der Waals surface area contributed by atoms with Crippen molar-refractivity contribution < 1.29 is 23.8 Å². The van der Waals surface area contributed by atoms with Gasteiger partial charge in [-0.1, -0.05) is 0 Å². The van der Waals surface area contributed by atoms with Crippen LogP contribution in [0.25, 0.3) is 0 Å². The van der Waals surface area contributed by atoms with Gasteiger partial charge in [0.15, 0.2) is 0 Å². The number of rotatable bonds is 5. The standard InChI is InChI=1S/C14H17FN2O4/c15-11-7-10(13(18)19)1-2-12(11)17-14(20)16-5-3-9-4-6-21-8-9/h1-2,7,9H,3-6,8H2,(H,18,19)(H2,16,17,20). The van der Waals surface area contributed by atoms with Gasteiger partial charge in [-0.05, 0) is 37.0 Å². The Kier molecular flexibility index (Phi) is 5.10. The minimum absolute atomic E-state index is 0.0540. The number of hydrogen-bond donors (Lipinski definition) is 3. The van der Waals surface area contributed by atoms with Crippen molar-refractivity contribution >= 4 is 17.7 Å². The molecule has 2 rings (SSSR count). The first-order valence-electron chi connectivity index (χ1n) is 6.71. The average Bonchev–Trinajstić information content (AvgIpc) is 2.94. The number of aromatic carboxylic acids is 1. The number of ether oxygens (including phenoxy) is 1. The van der Waals surface area contributed by atoms with Crippen LogP contribution in [0.15, 0.2) is 18.2 Å². The van der Waals surface area contributed by atoms with Crippen molar-refractivity contribution in [2.75, 3.05) is 25.1 Å². The number of carbonyl (C=O) groups excluding carboxylic acids is 1. The minimum atomic E-state index is -1.22. The van der Waals surface area contributed by atoms with E-state index < -0.39 is 17.8 Å². The fraction of sp³-hybridized carbons (Fsp3) is 0.429. The lowest BCUT2D eigenvalue weighted by atomic mass is 10.1. The molecule has 0 spiro atoms. The van der Waals surface area contributed by atoms with Gasteiger partial charge in [0.25, 0.3) is 0 Å². The van der Waals surface area contributed by atoms with Gasteiger partial charge in [-0.15, -0.1) is 0 Å². The zero-order chi connectivity index (χ0) is 15.2. The zero-order valence-electron chi connectivity index (χ0n) is 11.4. The fourth-order valence-electron chi connectivity index (χ4n) is 2.12. The molecule has 1 atom stereocenters. The molecular formula is C14H17FN2O4. The number of carboxylic acid groups (broad SMARTS) is 1. The summed E-state index contributed by atoms with van der Waals surface area (Å²) in [7, 11) is 0. The Hall–Kier alpha value is -2.15. The molecule has 2 amide bonds. The van der Waals surface area contributed by atoms with Crippen LogP contribution in [0.1, 0.15) is 23.2 Å². The molecule has 1 aromatic rings. The van der Waals surface area contributed by atoms with E-state index in [1.165, 1.54) is 12.1 Å². The molecule has 1 fully saturated rings. The summed E-state index contributed by atoms with van der Waals surface area (Å²) in [5.41, 5.74) is -0.221. The maximum absolute atomic E-state index is 13.6. The molecular weight excluding hydrogens is 279 g/mol. The summed E-state index contributed by atoms with van der Waals surface area (Å²) in [6, 6.07) is 2.81. The Labute approximate surface area is 121 Å². The number of carbonyl (C=O) groups is 2. The molecule has 0 aliphatic carbocycles. The van der Waals surface area contributed by atoms with E-state index in [1.807, 2.05) is 0 Å². The van der Waals surface area contributed by atoms with Gasteiger partial charge in [0.1, 0.15) is 5.82 Å². The second-order valence-corrected chi connectivity index (χ2v) is 4.90. The Balaban J connectivity index is 1.80. The van der Waals surface area contributed by atoms with Crippen LogP contribution in [-0.2, 0) is 4.74 Å². The number of amides is 2. The van der Waals surface area contributed by atoms with Crippen molar-refractivity contribution in [3.8, 4) is 0 Å². The van der Waals surface area contributed by atoms with E-state index in [-0.39, 0.29) is 11.3 Å². The summed E-state index contributed by atoms with van der Waals surface area (Å²) in [6.07, 6.45) is 1.81. The van der Waals surface area contributed by atoms with Crippen molar-refractivity contribution in [2.45, 2.75) is 12.8 Å². The van der Waals surface area contributed by atoms with Crippen molar-refractivity contribution in [3.63, 3.8) is 0 Å². The summed E-state index contributed by atoms with van der Waals surface area (Å²) in [4.78, 5) is 22.3. The van der Waals surface area contributed by atoms with Crippen LogP contribution in [0.4, 0.5) is 14.9 Å². The summed E-state index contributed by atoms with van der Waals surface area (Å²) in [6.45, 7) is 1.96. The Morgan fingerprint density at radius 1 is 1.43 bits per heavy atom. The molecule has 1 saturated heterocycles. The highest BCUT2D eigenvalue weighted by Crippen LogP contribution is 2.16. The first-order chi connectivity index (χ1) is 10.1. The largest absolute Gasteiger partial charge is 0.478 e. The maximum Gasteiger partial charge on any atom is 0.335 e. The molecule has 1 unspecified atom stereocenters. The van der Waals surface area contributed by atoms with Gasteiger partial charge in [0.2, 0.25) is 0 Å². The molecule has 21 heavy (non-hydrogen) atoms. The molecule has 1 aliphatic heterocycles. The minimum Gasteiger partial charge on any atom is -0.478 e. The van der Waals surface area contributed by atoms with Gasteiger partial charge >= 0.3 is 12.0 Å². The first-order valence-corrected chi connectivity index (χ1v) is 6.71. The van der Waals surface area contributed by atoms with Crippen molar-refractivity contribution in [1.29, 1.82) is 0 Å². The number of halogens is 1. The summed E-state index contributed by atoms with van der Waals surface area (Å²) < 4.78 is 18.8. The highest BCUT2D eigenvalue weighted by atomic mass is 19.1. The number of nitrogens with one attached hydrogen (secondary N) is 2. The second kappa shape index (κ2) is 7.03. The average molecular weight is 296 g/mol. The first kappa shape index (κ1) is 15.2. The SMILES string of the molecule is O=C(NCCC1CCOC1)Nc1ccc(C(=O)O)cc1F. The number of anilines is 1. The predicted octanol–water partition coefficient (Wildman–Crippen LogP) is 2.07. The number of benzene rings is 1. The summed E-state index contributed by atoms with van der Waals surface area (Å²) in [5, 5.41) is 13.7. The van der Waals surface area contributed by atoms with Crippen LogP contribution < -0.4 is 10.6 Å². The molecule has 0 aromatic heterocycles. The number of urea groups is 1. The molecule has 0 saturated carbocycles. The molecule has 114 valence electrons. The van der Waals surface area contributed by atoms with Crippen LogP contribution >= 0.6 is 0 Å². The van der Waals surface area contributed by atoms with Gasteiger partial charge in [-0.3, -0.25) is 0 Å².